The van der Waals surface area contributed by atoms with E-state index in [1.165, 1.54) is 32.4 Å². The first-order chi connectivity index (χ1) is 11.2. The molecule has 4 heteroatoms. The molecule has 2 rings (SSSR count). The first-order valence-corrected chi connectivity index (χ1v) is 9.76. The van der Waals surface area contributed by atoms with Crippen LogP contribution in [-0.4, -0.2) is 56.7 Å². The zero-order chi connectivity index (χ0) is 17.5. The Morgan fingerprint density at radius 2 is 1.52 bits per heavy atom. The second kappa shape index (κ2) is 15.4. The molecule has 0 radical (unpaired) electrons. The Kier molecular flexibility index (Phi) is 15.3. The quantitative estimate of drug-likeness (QED) is 0.702. The Bertz CT molecular complexity index is 235. The monoisotopic (exact) mass is 331 g/mol. The van der Waals surface area contributed by atoms with Crippen molar-refractivity contribution in [1.82, 2.24) is 4.90 Å². The topological polar surface area (TPSA) is 30.9 Å². The van der Waals surface area contributed by atoms with Crippen LogP contribution in [0.3, 0.4) is 0 Å². The van der Waals surface area contributed by atoms with Crippen molar-refractivity contribution in [2.45, 2.75) is 79.6 Å². The van der Waals surface area contributed by atoms with E-state index in [0.717, 1.165) is 32.2 Å². The van der Waals surface area contributed by atoms with Crippen molar-refractivity contribution in [3.63, 3.8) is 0 Å². The first kappa shape index (κ1) is 22.8. The van der Waals surface area contributed by atoms with Crippen LogP contribution in [0.1, 0.15) is 67.2 Å². The molecule has 2 fully saturated rings. The minimum Gasteiger partial charge on any atom is -0.376 e. The Morgan fingerprint density at radius 1 is 1.00 bits per heavy atom. The van der Waals surface area contributed by atoms with E-state index in [0.29, 0.717) is 12.6 Å². The Balaban J connectivity index is 0.000000868. The van der Waals surface area contributed by atoms with Gasteiger partial charge in [0.2, 0.25) is 0 Å². The highest BCUT2D eigenvalue weighted by Crippen LogP contribution is 2.20. The summed E-state index contributed by atoms with van der Waals surface area (Å²) in [7, 11) is 0. The van der Waals surface area contributed by atoms with Crippen LogP contribution >= 0.6 is 0 Å². The maximum Gasteiger partial charge on any atom is 0.180 e. The zero-order valence-corrected chi connectivity index (χ0v) is 16.5. The molecule has 0 bridgehead atoms. The predicted molar refractivity (Wildman–Crippen MR) is 97.9 cm³/mol. The van der Waals surface area contributed by atoms with E-state index >= 15 is 0 Å². The summed E-state index contributed by atoms with van der Waals surface area (Å²) in [6.45, 7) is 18.0. The van der Waals surface area contributed by atoms with Crippen molar-refractivity contribution in [3.05, 3.63) is 0 Å². The maximum atomic E-state index is 5.73. The van der Waals surface area contributed by atoms with Gasteiger partial charge in [0.05, 0.1) is 25.9 Å². The molecule has 0 spiro atoms. The molecule has 4 nitrogen and oxygen atoms in total. The molecular formula is C19H41NO3. The molecule has 0 atom stereocenters. The lowest BCUT2D eigenvalue weighted by atomic mass is 9.98. The minimum atomic E-state index is -0.156. The number of ether oxygens (including phenoxy) is 3. The fourth-order valence-corrected chi connectivity index (χ4v) is 2.56. The van der Waals surface area contributed by atoms with E-state index in [1.54, 1.807) is 0 Å². The van der Waals surface area contributed by atoms with Crippen LogP contribution in [0.5, 0.6) is 0 Å². The maximum absolute atomic E-state index is 5.73. The normalized spacial score (nSPS) is 25.8. The highest BCUT2D eigenvalue weighted by Gasteiger charge is 2.29. The SMILES string of the molecule is CC.CCC.CCCOCC1OCC(N2CCC(C)CC2)CO1. The number of piperidine rings is 1. The van der Waals surface area contributed by atoms with Crippen LogP contribution in [0.2, 0.25) is 0 Å². The van der Waals surface area contributed by atoms with Crippen molar-refractivity contribution in [3.8, 4) is 0 Å². The van der Waals surface area contributed by atoms with Gasteiger partial charge in [-0.3, -0.25) is 4.90 Å². The van der Waals surface area contributed by atoms with Crippen LogP contribution < -0.4 is 0 Å². The second-order valence-corrected chi connectivity index (χ2v) is 6.25. The fraction of sp³-hybridized carbons (Fsp3) is 1.00. The van der Waals surface area contributed by atoms with Crippen molar-refractivity contribution >= 4 is 0 Å². The lowest BCUT2D eigenvalue weighted by Gasteiger charge is -2.39. The van der Waals surface area contributed by atoms with E-state index in [-0.39, 0.29) is 6.29 Å². The third-order valence-electron chi connectivity index (χ3n) is 3.89. The molecule has 2 heterocycles. The van der Waals surface area contributed by atoms with Crippen molar-refractivity contribution in [2.24, 2.45) is 5.92 Å². The smallest absolute Gasteiger partial charge is 0.180 e. The van der Waals surface area contributed by atoms with Gasteiger partial charge in [-0.2, -0.15) is 0 Å². The lowest BCUT2D eigenvalue weighted by Crippen LogP contribution is -2.50. The van der Waals surface area contributed by atoms with Crippen LogP contribution in [0, 0.1) is 5.92 Å². The summed E-state index contributed by atoms with van der Waals surface area (Å²) in [4.78, 5) is 2.52. The van der Waals surface area contributed by atoms with Gasteiger partial charge >= 0.3 is 0 Å². The third-order valence-corrected chi connectivity index (χ3v) is 3.89. The van der Waals surface area contributed by atoms with Gasteiger partial charge in [-0.05, 0) is 38.3 Å². The van der Waals surface area contributed by atoms with Gasteiger partial charge < -0.3 is 14.2 Å². The molecule has 23 heavy (non-hydrogen) atoms. The van der Waals surface area contributed by atoms with Gasteiger partial charge in [-0.25, -0.2) is 0 Å². The molecule has 0 aromatic heterocycles. The summed E-state index contributed by atoms with van der Waals surface area (Å²) in [6.07, 6.45) is 4.75. The van der Waals surface area contributed by atoms with E-state index in [4.69, 9.17) is 14.2 Å². The Labute approximate surface area is 144 Å². The fourth-order valence-electron chi connectivity index (χ4n) is 2.56. The minimum absolute atomic E-state index is 0.156. The molecule has 0 amide bonds. The van der Waals surface area contributed by atoms with Crippen LogP contribution in [0.25, 0.3) is 0 Å². The predicted octanol–water partition coefficient (Wildman–Crippen LogP) is 4.33. The number of hydrogen-bond acceptors (Lipinski definition) is 4. The average Bonchev–Trinajstić information content (AvgIpc) is 2.59. The molecule has 2 aliphatic rings. The van der Waals surface area contributed by atoms with Gasteiger partial charge in [0.15, 0.2) is 6.29 Å². The van der Waals surface area contributed by atoms with Crippen LogP contribution in [0.15, 0.2) is 0 Å². The molecule has 0 N–H and O–H groups in total. The molecule has 0 aromatic carbocycles. The summed E-state index contributed by atoms with van der Waals surface area (Å²) in [5.74, 6) is 0.877. The molecule has 2 aliphatic heterocycles. The molecule has 0 aromatic rings. The van der Waals surface area contributed by atoms with Gasteiger partial charge in [0.25, 0.3) is 0 Å². The average molecular weight is 332 g/mol. The van der Waals surface area contributed by atoms with E-state index < -0.39 is 0 Å². The summed E-state index contributed by atoms with van der Waals surface area (Å²) < 4.78 is 16.9. The number of nitrogens with zero attached hydrogens (tertiary/aromatic N) is 1. The molecular weight excluding hydrogens is 290 g/mol. The molecule has 140 valence electrons. The van der Waals surface area contributed by atoms with Crippen LogP contribution in [0.4, 0.5) is 0 Å². The van der Waals surface area contributed by atoms with E-state index in [2.05, 4.69) is 32.6 Å². The highest BCUT2D eigenvalue weighted by molar-refractivity contribution is 4.78. The standard InChI is InChI=1S/C14H27NO3.C3H8.C2H6/c1-3-8-16-11-14-17-9-13(10-18-14)15-6-4-12(2)5-7-15;1-3-2;1-2/h12-14H,3-11H2,1-2H3;3H2,1-2H3;1-2H3. The zero-order valence-electron chi connectivity index (χ0n) is 16.5. The van der Waals surface area contributed by atoms with Gasteiger partial charge in [0.1, 0.15) is 0 Å². The summed E-state index contributed by atoms with van der Waals surface area (Å²) in [6, 6.07) is 0.444. The summed E-state index contributed by atoms with van der Waals surface area (Å²) in [5, 5.41) is 0. The number of rotatable bonds is 5. The van der Waals surface area contributed by atoms with Crippen molar-refractivity contribution < 1.29 is 14.2 Å². The lowest BCUT2D eigenvalue weighted by molar-refractivity contribution is -0.225. The second-order valence-electron chi connectivity index (χ2n) is 6.25. The largest absolute Gasteiger partial charge is 0.376 e. The summed E-state index contributed by atoms with van der Waals surface area (Å²) >= 11 is 0. The van der Waals surface area contributed by atoms with Crippen molar-refractivity contribution in [1.29, 1.82) is 0 Å². The molecule has 0 aliphatic carbocycles. The van der Waals surface area contributed by atoms with E-state index in [9.17, 15) is 0 Å². The van der Waals surface area contributed by atoms with Crippen LogP contribution in [-0.2, 0) is 14.2 Å². The van der Waals surface area contributed by atoms with E-state index in [1.807, 2.05) is 13.8 Å². The summed E-state index contributed by atoms with van der Waals surface area (Å²) in [5.41, 5.74) is 0. The van der Waals surface area contributed by atoms with Gasteiger partial charge in [0, 0.05) is 6.61 Å². The highest BCUT2D eigenvalue weighted by atomic mass is 16.7. The molecule has 0 saturated carbocycles. The van der Waals surface area contributed by atoms with Crippen molar-refractivity contribution in [2.75, 3.05) is 39.5 Å². The third kappa shape index (κ3) is 10.3. The van der Waals surface area contributed by atoms with Gasteiger partial charge in [-0.1, -0.05) is 48.0 Å². The molecule has 0 unspecified atom stereocenters. The molecule has 2 saturated heterocycles. The van der Waals surface area contributed by atoms with Gasteiger partial charge in [-0.15, -0.1) is 0 Å². The number of hydrogen-bond donors (Lipinski definition) is 0. The Hall–Kier alpha value is -0.160. The number of likely N-dealkylation sites (tertiary alicyclic amines) is 1. The Morgan fingerprint density at radius 3 is 2.00 bits per heavy atom. The first-order valence-electron chi connectivity index (χ1n) is 9.76.